The van der Waals surface area contributed by atoms with Gasteiger partial charge in [-0.1, -0.05) is 18.2 Å². The van der Waals surface area contributed by atoms with Crippen LogP contribution in [0.5, 0.6) is 5.75 Å². The zero-order chi connectivity index (χ0) is 22.0. The van der Waals surface area contributed by atoms with Crippen molar-refractivity contribution in [2.24, 2.45) is 7.05 Å². The zero-order valence-corrected chi connectivity index (χ0v) is 16.7. The molecule has 0 aliphatic heterocycles. The molecule has 4 rings (SSSR count). The van der Waals surface area contributed by atoms with E-state index in [4.69, 9.17) is 4.74 Å². The molecule has 2 heterocycles. The highest BCUT2D eigenvalue weighted by Crippen LogP contribution is 2.34. The van der Waals surface area contributed by atoms with Crippen molar-refractivity contribution in [2.75, 3.05) is 12.4 Å². The Balaban J connectivity index is 1.67. The number of aromatic nitrogens is 4. The molecular formula is C22H18F3N5O. The summed E-state index contributed by atoms with van der Waals surface area (Å²) in [7, 11) is 3.33. The van der Waals surface area contributed by atoms with Crippen LogP contribution in [-0.4, -0.2) is 26.9 Å². The van der Waals surface area contributed by atoms with Gasteiger partial charge in [0.25, 0.3) is 0 Å². The summed E-state index contributed by atoms with van der Waals surface area (Å²) in [4.78, 5) is 8.80. The molecule has 2 aromatic carbocycles. The van der Waals surface area contributed by atoms with E-state index in [1.807, 2.05) is 24.3 Å². The fourth-order valence-electron chi connectivity index (χ4n) is 3.11. The molecule has 0 fully saturated rings. The van der Waals surface area contributed by atoms with Crippen molar-refractivity contribution >= 4 is 11.6 Å². The molecule has 9 heteroatoms. The van der Waals surface area contributed by atoms with Crippen LogP contribution in [0.2, 0.25) is 0 Å². The molecule has 0 aliphatic rings. The molecule has 0 spiro atoms. The van der Waals surface area contributed by atoms with Crippen molar-refractivity contribution in [3.63, 3.8) is 0 Å². The molecule has 6 nitrogen and oxygen atoms in total. The maximum Gasteiger partial charge on any atom is 0.416 e. The van der Waals surface area contributed by atoms with Crippen molar-refractivity contribution in [1.82, 2.24) is 19.7 Å². The number of ether oxygens (including phenoxy) is 1. The predicted molar refractivity (Wildman–Crippen MR) is 111 cm³/mol. The first-order chi connectivity index (χ1) is 14.8. The van der Waals surface area contributed by atoms with Gasteiger partial charge in [-0.2, -0.15) is 18.3 Å². The third kappa shape index (κ3) is 4.50. The van der Waals surface area contributed by atoms with Crippen molar-refractivity contribution in [2.45, 2.75) is 6.18 Å². The van der Waals surface area contributed by atoms with Crippen LogP contribution in [0, 0.1) is 0 Å². The lowest BCUT2D eigenvalue weighted by molar-refractivity contribution is -0.137. The number of alkyl halides is 3. The number of anilines is 2. The number of benzene rings is 2. The van der Waals surface area contributed by atoms with E-state index in [-0.39, 0.29) is 0 Å². The Labute approximate surface area is 176 Å². The molecule has 2 aromatic heterocycles. The lowest BCUT2D eigenvalue weighted by Crippen LogP contribution is -2.04. The minimum atomic E-state index is -4.39. The van der Waals surface area contributed by atoms with Gasteiger partial charge in [0.15, 0.2) is 0 Å². The molecule has 4 aromatic rings. The number of aryl methyl sites for hydroxylation is 1. The van der Waals surface area contributed by atoms with Crippen LogP contribution in [0.4, 0.5) is 24.8 Å². The topological polar surface area (TPSA) is 64.9 Å². The Bertz CT molecular complexity index is 1200. The first-order valence-corrected chi connectivity index (χ1v) is 9.29. The second-order valence-corrected chi connectivity index (χ2v) is 6.76. The summed E-state index contributed by atoms with van der Waals surface area (Å²) in [5, 5.41) is 7.55. The number of halogens is 3. The minimum absolute atomic E-state index is 0.368. The Morgan fingerprint density at radius 3 is 2.52 bits per heavy atom. The number of nitrogens with one attached hydrogen (secondary N) is 1. The zero-order valence-electron chi connectivity index (χ0n) is 16.7. The van der Waals surface area contributed by atoms with Crippen molar-refractivity contribution < 1.29 is 17.9 Å². The quantitative estimate of drug-likeness (QED) is 0.469. The molecule has 0 amide bonds. The van der Waals surface area contributed by atoms with Crippen LogP contribution in [-0.2, 0) is 13.2 Å². The largest absolute Gasteiger partial charge is 0.497 e. The Morgan fingerprint density at radius 2 is 1.81 bits per heavy atom. The summed E-state index contributed by atoms with van der Waals surface area (Å²) in [6.07, 6.45) is -1.02. The van der Waals surface area contributed by atoms with Crippen LogP contribution >= 0.6 is 0 Å². The SMILES string of the molecule is COc1cccc(Nc2nccc(-c3cn(C)nc3-c3ccc(C(F)(F)F)cc3)n2)c1. The Kier molecular flexibility index (Phi) is 5.33. The second kappa shape index (κ2) is 8.10. The first kappa shape index (κ1) is 20.4. The molecule has 0 aliphatic carbocycles. The average Bonchev–Trinajstić information content (AvgIpc) is 3.15. The van der Waals surface area contributed by atoms with E-state index in [9.17, 15) is 13.2 Å². The smallest absolute Gasteiger partial charge is 0.416 e. The summed E-state index contributed by atoms with van der Waals surface area (Å²) in [6.45, 7) is 0. The summed E-state index contributed by atoms with van der Waals surface area (Å²) >= 11 is 0. The molecule has 1 N–H and O–H groups in total. The van der Waals surface area contributed by atoms with Gasteiger partial charge in [-0.15, -0.1) is 0 Å². The molecule has 158 valence electrons. The molecule has 0 atom stereocenters. The minimum Gasteiger partial charge on any atom is -0.497 e. The van der Waals surface area contributed by atoms with Crippen LogP contribution in [0.25, 0.3) is 22.5 Å². The summed E-state index contributed by atoms with van der Waals surface area (Å²) in [5.41, 5.74) is 2.40. The second-order valence-electron chi connectivity index (χ2n) is 6.76. The Hall–Kier alpha value is -3.88. The average molecular weight is 425 g/mol. The maximum atomic E-state index is 12.9. The van der Waals surface area contributed by atoms with E-state index in [1.165, 1.54) is 12.1 Å². The van der Waals surface area contributed by atoms with Gasteiger partial charge in [0, 0.05) is 42.3 Å². The highest BCUT2D eigenvalue weighted by Gasteiger charge is 2.30. The van der Waals surface area contributed by atoms with E-state index in [1.54, 1.807) is 37.3 Å². The van der Waals surface area contributed by atoms with E-state index < -0.39 is 11.7 Å². The van der Waals surface area contributed by atoms with Crippen molar-refractivity contribution in [3.05, 3.63) is 72.6 Å². The molecular weight excluding hydrogens is 407 g/mol. The van der Waals surface area contributed by atoms with Gasteiger partial charge in [-0.05, 0) is 30.3 Å². The van der Waals surface area contributed by atoms with E-state index in [0.717, 1.165) is 17.8 Å². The lowest BCUT2D eigenvalue weighted by Gasteiger charge is -2.09. The fourth-order valence-corrected chi connectivity index (χ4v) is 3.11. The molecule has 0 radical (unpaired) electrons. The van der Waals surface area contributed by atoms with Gasteiger partial charge >= 0.3 is 6.18 Å². The highest BCUT2D eigenvalue weighted by molar-refractivity contribution is 5.79. The van der Waals surface area contributed by atoms with Gasteiger partial charge in [-0.25, -0.2) is 9.97 Å². The van der Waals surface area contributed by atoms with E-state index >= 15 is 0 Å². The number of methoxy groups -OCH3 is 1. The van der Waals surface area contributed by atoms with Crippen molar-refractivity contribution in [3.8, 4) is 28.3 Å². The molecule has 0 saturated heterocycles. The number of hydrogen-bond acceptors (Lipinski definition) is 5. The van der Waals surface area contributed by atoms with Gasteiger partial charge in [0.1, 0.15) is 11.4 Å². The third-order valence-corrected chi connectivity index (χ3v) is 4.57. The number of nitrogens with zero attached hydrogens (tertiary/aromatic N) is 4. The molecule has 0 unspecified atom stereocenters. The number of rotatable bonds is 5. The first-order valence-electron chi connectivity index (χ1n) is 9.29. The molecule has 0 saturated carbocycles. The monoisotopic (exact) mass is 425 g/mol. The van der Waals surface area contributed by atoms with Crippen LogP contribution < -0.4 is 10.1 Å². The van der Waals surface area contributed by atoms with Gasteiger partial charge in [0.2, 0.25) is 5.95 Å². The third-order valence-electron chi connectivity index (χ3n) is 4.57. The van der Waals surface area contributed by atoms with Gasteiger partial charge in [-0.3, -0.25) is 4.68 Å². The summed E-state index contributed by atoms with van der Waals surface area (Å²) in [6, 6.07) is 14.0. The lowest BCUT2D eigenvalue weighted by atomic mass is 10.0. The molecule has 31 heavy (non-hydrogen) atoms. The van der Waals surface area contributed by atoms with Gasteiger partial charge < -0.3 is 10.1 Å². The highest BCUT2D eigenvalue weighted by atomic mass is 19.4. The molecule has 0 bridgehead atoms. The maximum absolute atomic E-state index is 12.9. The standard InChI is InChI=1S/C22H18F3N5O/c1-30-13-18(20(29-30)14-6-8-15(9-7-14)22(23,24)25)19-10-11-26-21(28-19)27-16-4-3-5-17(12-16)31-2/h3-13H,1-2H3,(H,26,27,28). The number of hydrogen-bond donors (Lipinski definition) is 1. The van der Waals surface area contributed by atoms with Gasteiger partial charge in [0.05, 0.1) is 18.4 Å². The van der Waals surface area contributed by atoms with Crippen LogP contribution in [0.15, 0.2) is 67.0 Å². The Morgan fingerprint density at radius 1 is 1.03 bits per heavy atom. The summed E-state index contributed by atoms with van der Waals surface area (Å²) < 4.78 is 45.5. The van der Waals surface area contributed by atoms with E-state index in [0.29, 0.717) is 34.2 Å². The van der Waals surface area contributed by atoms with Crippen molar-refractivity contribution in [1.29, 1.82) is 0 Å². The van der Waals surface area contributed by atoms with Crippen LogP contribution in [0.1, 0.15) is 5.56 Å². The van der Waals surface area contributed by atoms with Crippen LogP contribution in [0.3, 0.4) is 0 Å². The summed E-state index contributed by atoms with van der Waals surface area (Å²) in [5.74, 6) is 1.06. The normalized spacial score (nSPS) is 11.4. The predicted octanol–water partition coefficient (Wildman–Crippen LogP) is 5.32. The fraction of sp³-hybridized carbons (Fsp3) is 0.136. The van der Waals surface area contributed by atoms with E-state index in [2.05, 4.69) is 20.4 Å².